The van der Waals surface area contributed by atoms with Gasteiger partial charge in [-0.15, -0.1) is 0 Å². The SMILES string of the molecule is CC(=O)c1c(-c2ccccc2)[nH]c2ccc(F)cc12. The molecule has 94 valence electrons. The van der Waals surface area contributed by atoms with Crippen molar-refractivity contribution in [3.63, 3.8) is 0 Å². The Morgan fingerprint density at radius 2 is 1.84 bits per heavy atom. The topological polar surface area (TPSA) is 32.9 Å². The number of hydrogen-bond acceptors (Lipinski definition) is 1. The van der Waals surface area contributed by atoms with E-state index in [1.807, 2.05) is 30.3 Å². The standard InChI is InChI=1S/C16H12FNO/c1-10(19)15-13-9-12(17)7-8-14(13)18-16(15)11-5-3-2-4-6-11/h2-9,18H,1H3. The number of hydrogen-bond donors (Lipinski definition) is 1. The van der Waals surface area contributed by atoms with Crippen LogP contribution in [0.5, 0.6) is 0 Å². The molecule has 2 aromatic carbocycles. The number of rotatable bonds is 2. The van der Waals surface area contributed by atoms with Gasteiger partial charge in [0, 0.05) is 10.9 Å². The van der Waals surface area contributed by atoms with Crippen molar-refractivity contribution < 1.29 is 9.18 Å². The average Bonchev–Trinajstić information content (AvgIpc) is 2.78. The second-order valence-corrected chi connectivity index (χ2v) is 4.49. The van der Waals surface area contributed by atoms with Crippen LogP contribution >= 0.6 is 0 Å². The monoisotopic (exact) mass is 253 g/mol. The number of fused-ring (bicyclic) bond motifs is 1. The quantitative estimate of drug-likeness (QED) is 0.683. The van der Waals surface area contributed by atoms with Gasteiger partial charge in [-0.2, -0.15) is 0 Å². The third kappa shape index (κ3) is 1.93. The fourth-order valence-corrected chi connectivity index (χ4v) is 2.35. The Hall–Kier alpha value is -2.42. The largest absolute Gasteiger partial charge is 0.354 e. The molecule has 3 heteroatoms. The van der Waals surface area contributed by atoms with Gasteiger partial charge < -0.3 is 4.98 Å². The summed E-state index contributed by atoms with van der Waals surface area (Å²) in [6, 6.07) is 14.0. The van der Waals surface area contributed by atoms with E-state index in [1.165, 1.54) is 19.1 Å². The van der Waals surface area contributed by atoms with Crippen LogP contribution < -0.4 is 0 Å². The molecule has 0 saturated heterocycles. The molecule has 0 fully saturated rings. The Kier molecular flexibility index (Phi) is 2.67. The maximum atomic E-state index is 13.4. The predicted octanol–water partition coefficient (Wildman–Crippen LogP) is 4.18. The summed E-state index contributed by atoms with van der Waals surface area (Å²) in [5.41, 5.74) is 2.98. The van der Waals surface area contributed by atoms with E-state index in [4.69, 9.17) is 0 Å². The van der Waals surface area contributed by atoms with Gasteiger partial charge in [-0.25, -0.2) is 4.39 Å². The second kappa shape index (κ2) is 4.35. The number of ketones is 1. The van der Waals surface area contributed by atoms with Gasteiger partial charge in [0.2, 0.25) is 0 Å². The summed E-state index contributed by atoms with van der Waals surface area (Å²) in [5, 5.41) is 0.631. The van der Waals surface area contributed by atoms with Crippen molar-refractivity contribution in [2.24, 2.45) is 0 Å². The molecule has 0 spiro atoms. The molecule has 1 aromatic heterocycles. The minimum Gasteiger partial charge on any atom is -0.354 e. The Morgan fingerprint density at radius 3 is 2.53 bits per heavy atom. The summed E-state index contributed by atoms with van der Waals surface area (Å²) in [5.74, 6) is -0.413. The molecule has 0 aliphatic carbocycles. The molecule has 2 nitrogen and oxygen atoms in total. The molecule has 0 aliphatic heterocycles. The lowest BCUT2D eigenvalue weighted by atomic mass is 10.0. The molecule has 19 heavy (non-hydrogen) atoms. The van der Waals surface area contributed by atoms with E-state index in [-0.39, 0.29) is 11.6 Å². The minimum atomic E-state index is -0.339. The lowest BCUT2D eigenvalue weighted by molar-refractivity contribution is 0.102. The number of benzene rings is 2. The van der Waals surface area contributed by atoms with Crippen molar-refractivity contribution in [3.05, 3.63) is 59.9 Å². The van der Waals surface area contributed by atoms with E-state index in [0.717, 1.165) is 16.8 Å². The fourth-order valence-electron chi connectivity index (χ4n) is 2.35. The number of halogens is 1. The Labute approximate surface area is 109 Å². The van der Waals surface area contributed by atoms with Crippen LogP contribution in [0.2, 0.25) is 0 Å². The van der Waals surface area contributed by atoms with Crippen LogP contribution in [0.4, 0.5) is 4.39 Å². The molecule has 0 atom stereocenters. The number of carbonyl (C=O) groups is 1. The molecule has 1 N–H and O–H groups in total. The molecular weight excluding hydrogens is 241 g/mol. The van der Waals surface area contributed by atoms with Crippen LogP contribution in [0.3, 0.4) is 0 Å². The smallest absolute Gasteiger partial charge is 0.162 e. The van der Waals surface area contributed by atoms with Gasteiger partial charge in [-0.1, -0.05) is 30.3 Å². The average molecular weight is 253 g/mol. The number of H-pyrrole nitrogens is 1. The van der Waals surface area contributed by atoms with E-state index in [0.29, 0.717) is 10.9 Å². The zero-order valence-corrected chi connectivity index (χ0v) is 10.4. The highest BCUT2D eigenvalue weighted by molar-refractivity contribution is 6.12. The lowest BCUT2D eigenvalue weighted by Gasteiger charge is -2.01. The fraction of sp³-hybridized carbons (Fsp3) is 0.0625. The van der Waals surface area contributed by atoms with E-state index >= 15 is 0 Å². The van der Waals surface area contributed by atoms with Crippen LogP contribution in [0.25, 0.3) is 22.2 Å². The summed E-state index contributed by atoms with van der Waals surface area (Å²) in [7, 11) is 0. The molecule has 0 unspecified atom stereocenters. The number of aromatic amines is 1. The van der Waals surface area contributed by atoms with Gasteiger partial charge in [-0.05, 0) is 30.7 Å². The van der Waals surface area contributed by atoms with Gasteiger partial charge in [0.15, 0.2) is 5.78 Å². The van der Waals surface area contributed by atoms with Crippen molar-refractivity contribution in [1.82, 2.24) is 4.98 Å². The number of Topliss-reactive ketones (excluding diaryl/α,β-unsaturated/α-hetero) is 1. The number of nitrogens with one attached hydrogen (secondary N) is 1. The third-order valence-corrected chi connectivity index (χ3v) is 3.18. The van der Waals surface area contributed by atoms with Crippen molar-refractivity contribution in [1.29, 1.82) is 0 Å². The Bertz CT molecular complexity index is 759. The van der Waals surface area contributed by atoms with Crippen molar-refractivity contribution >= 4 is 16.7 Å². The summed E-state index contributed by atoms with van der Waals surface area (Å²) < 4.78 is 13.4. The maximum absolute atomic E-state index is 13.4. The van der Waals surface area contributed by atoms with Crippen molar-refractivity contribution in [2.75, 3.05) is 0 Å². The normalized spacial score (nSPS) is 10.8. The molecule has 0 aliphatic rings. The first-order valence-corrected chi connectivity index (χ1v) is 6.04. The highest BCUT2D eigenvalue weighted by Crippen LogP contribution is 2.31. The maximum Gasteiger partial charge on any atom is 0.162 e. The first-order chi connectivity index (χ1) is 9.16. The van der Waals surface area contributed by atoms with E-state index in [2.05, 4.69) is 4.98 Å². The zero-order valence-electron chi connectivity index (χ0n) is 10.4. The van der Waals surface area contributed by atoms with Gasteiger partial charge in [0.25, 0.3) is 0 Å². The van der Waals surface area contributed by atoms with E-state index < -0.39 is 0 Å². The third-order valence-electron chi connectivity index (χ3n) is 3.18. The predicted molar refractivity (Wildman–Crippen MR) is 73.7 cm³/mol. The van der Waals surface area contributed by atoms with Gasteiger partial charge in [-0.3, -0.25) is 4.79 Å². The van der Waals surface area contributed by atoms with Gasteiger partial charge >= 0.3 is 0 Å². The summed E-state index contributed by atoms with van der Waals surface area (Å²) >= 11 is 0. The zero-order chi connectivity index (χ0) is 13.4. The number of aromatic nitrogens is 1. The van der Waals surface area contributed by atoms with Crippen LogP contribution in [-0.4, -0.2) is 10.8 Å². The van der Waals surface area contributed by atoms with E-state index in [9.17, 15) is 9.18 Å². The number of carbonyl (C=O) groups excluding carboxylic acids is 1. The summed E-state index contributed by atoms with van der Waals surface area (Å²) in [4.78, 5) is 15.1. The Balaban J connectivity index is 2.36. The van der Waals surface area contributed by atoms with Crippen LogP contribution in [-0.2, 0) is 0 Å². The van der Waals surface area contributed by atoms with Crippen LogP contribution in [0, 0.1) is 5.82 Å². The molecule has 3 aromatic rings. The molecule has 0 radical (unpaired) electrons. The van der Waals surface area contributed by atoms with Gasteiger partial charge in [0.05, 0.1) is 11.3 Å². The van der Waals surface area contributed by atoms with Crippen LogP contribution in [0.15, 0.2) is 48.5 Å². The lowest BCUT2D eigenvalue weighted by Crippen LogP contribution is -1.93. The first kappa shape index (κ1) is 11.7. The highest BCUT2D eigenvalue weighted by atomic mass is 19.1. The van der Waals surface area contributed by atoms with Crippen molar-refractivity contribution in [2.45, 2.75) is 6.92 Å². The molecule has 0 saturated carbocycles. The molecular formula is C16H12FNO. The summed E-state index contributed by atoms with van der Waals surface area (Å²) in [6.07, 6.45) is 0. The minimum absolute atomic E-state index is 0.0734. The molecule has 0 bridgehead atoms. The molecule has 3 rings (SSSR count). The first-order valence-electron chi connectivity index (χ1n) is 6.04. The van der Waals surface area contributed by atoms with Crippen molar-refractivity contribution in [3.8, 4) is 11.3 Å². The highest BCUT2D eigenvalue weighted by Gasteiger charge is 2.16. The molecule has 0 amide bonds. The second-order valence-electron chi connectivity index (χ2n) is 4.49. The van der Waals surface area contributed by atoms with E-state index in [1.54, 1.807) is 6.07 Å². The van der Waals surface area contributed by atoms with Crippen LogP contribution in [0.1, 0.15) is 17.3 Å². The summed E-state index contributed by atoms with van der Waals surface area (Å²) in [6.45, 7) is 1.50. The molecule has 1 heterocycles. The Morgan fingerprint density at radius 1 is 1.11 bits per heavy atom. The van der Waals surface area contributed by atoms with Gasteiger partial charge in [0.1, 0.15) is 5.82 Å².